The molecule has 0 amide bonds. The van der Waals surface area contributed by atoms with E-state index in [-0.39, 0.29) is 6.71 Å². The number of hydrogen-bond donors (Lipinski definition) is 0. The number of rotatable bonds is 8. The van der Waals surface area contributed by atoms with Crippen LogP contribution in [0.25, 0.3) is 27.5 Å². The summed E-state index contributed by atoms with van der Waals surface area (Å²) in [6, 6.07) is 85.5. The van der Waals surface area contributed by atoms with Gasteiger partial charge in [0.25, 0.3) is 6.71 Å². The van der Waals surface area contributed by atoms with E-state index in [1.54, 1.807) is 0 Å². The molecular weight excluding hydrogens is 828 g/mol. The zero-order valence-corrected chi connectivity index (χ0v) is 37.8. The van der Waals surface area contributed by atoms with Gasteiger partial charge in [-0.1, -0.05) is 127 Å². The molecule has 3 heterocycles. The van der Waals surface area contributed by atoms with E-state index in [1.807, 2.05) is 0 Å². The first-order valence-electron chi connectivity index (χ1n) is 23.4. The van der Waals surface area contributed by atoms with Crippen LogP contribution in [0.15, 0.2) is 237 Å². The summed E-state index contributed by atoms with van der Waals surface area (Å²) in [6.07, 6.45) is 0. The molecule has 0 atom stereocenters. The summed E-state index contributed by atoms with van der Waals surface area (Å²) in [5.74, 6) is 1.78. The fraction of sp³-hybridized carbons (Fsp3) is 0.0323. The van der Waals surface area contributed by atoms with Gasteiger partial charge in [0.2, 0.25) is 0 Å². The average molecular weight is 873 g/mol. The van der Waals surface area contributed by atoms with E-state index in [4.69, 9.17) is 4.74 Å². The lowest BCUT2D eigenvalue weighted by atomic mass is 9.34. The van der Waals surface area contributed by atoms with Gasteiger partial charge in [0, 0.05) is 73.7 Å². The summed E-state index contributed by atoms with van der Waals surface area (Å²) in [6.45, 7) is 4.24. The lowest BCUT2D eigenvalue weighted by Gasteiger charge is -2.41. The Morgan fingerprint density at radius 2 is 0.926 bits per heavy atom. The fourth-order valence-corrected chi connectivity index (χ4v) is 10.7. The molecule has 0 unspecified atom stereocenters. The van der Waals surface area contributed by atoms with Crippen LogP contribution in [-0.2, 0) is 0 Å². The highest BCUT2D eigenvalue weighted by atomic mass is 16.5. The summed E-state index contributed by atoms with van der Waals surface area (Å²) >= 11 is 0. The van der Waals surface area contributed by atoms with E-state index >= 15 is 0 Å². The molecule has 2 aliphatic rings. The van der Waals surface area contributed by atoms with Gasteiger partial charge < -0.3 is 24.0 Å². The lowest BCUT2D eigenvalue weighted by molar-refractivity contribution is 0.484. The van der Waals surface area contributed by atoms with Crippen molar-refractivity contribution in [1.82, 2.24) is 4.57 Å². The number of aryl methyl sites for hydroxylation is 2. The molecule has 6 heteroatoms. The van der Waals surface area contributed by atoms with Crippen LogP contribution < -0.4 is 35.8 Å². The summed E-state index contributed by atoms with van der Waals surface area (Å²) in [5.41, 5.74) is 19.2. The Morgan fingerprint density at radius 3 is 1.63 bits per heavy atom. The molecule has 322 valence electrons. The number of hydrogen-bond acceptors (Lipinski definition) is 4. The Hall–Kier alpha value is -8.74. The predicted molar refractivity (Wildman–Crippen MR) is 285 cm³/mol. The standard InChI is InChI=1S/C62H45BN4O/c1-42-27-30-48(31-28-42)65(49-34-38-57-53(39-49)52-25-15-16-26-56(52)66(57)46-21-11-5-12-22-46)51-33-36-55-60(41-51)68-62-43(2)29-37-58-61(62)63(55)54-35-32-50(40-59(54)67(58)47-23-13-6-14-24-47)64(44-17-7-3-8-18-44)45-19-9-4-10-20-45/h3-41H,1-2H3. The molecule has 0 spiro atoms. The quantitative estimate of drug-likeness (QED) is 0.142. The van der Waals surface area contributed by atoms with Crippen LogP contribution in [-0.4, -0.2) is 11.3 Å². The maximum atomic E-state index is 7.23. The summed E-state index contributed by atoms with van der Waals surface area (Å²) in [5, 5.41) is 2.41. The second kappa shape index (κ2) is 16.0. The molecule has 68 heavy (non-hydrogen) atoms. The highest BCUT2D eigenvalue weighted by Crippen LogP contribution is 2.46. The SMILES string of the molecule is Cc1ccc(N(c2ccc3c(c2)Oc2c(C)ccc4c2B3c2ccc(N(c3ccccc3)c3ccccc3)cc2N4c2ccccc2)c2ccc3c(c2)c2ccccc2n3-c2ccccc2)cc1. The van der Waals surface area contributed by atoms with Crippen molar-refractivity contribution in [1.29, 1.82) is 0 Å². The molecule has 11 aromatic rings. The number of aromatic nitrogens is 1. The van der Waals surface area contributed by atoms with Crippen LogP contribution in [0.3, 0.4) is 0 Å². The van der Waals surface area contributed by atoms with Crippen LogP contribution >= 0.6 is 0 Å². The minimum Gasteiger partial charge on any atom is -0.458 e. The smallest absolute Gasteiger partial charge is 0.256 e. The number of anilines is 9. The summed E-state index contributed by atoms with van der Waals surface area (Å²) in [4.78, 5) is 7.14. The molecule has 0 saturated carbocycles. The van der Waals surface area contributed by atoms with Crippen LogP contribution in [0.4, 0.5) is 51.2 Å². The van der Waals surface area contributed by atoms with Crippen molar-refractivity contribution < 1.29 is 4.74 Å². The number of para-hydroxylation sites is 5. The maximum absolute atomic E-state index is 7.23. The number of fused-ring (bicyclic) bond motifs is 7. The van der Waals surface area contributed by atoms with Crippen molar-refractivity contribution in [3.63, 3.8) is 0 Å². The molecule has 0 fully saturated rings. The van der Waals surface area contributed by atoms with Gasteiger partial charge in [-0.25, -0.2) is 0 Å². The molecule has 1 aromatic heterocycles. The number of nitrogens with zero attached hydrogens (tertiary/aromatic N) is 4. The van der Waals surface area contributed by atoms with E-state index < -0.39 is 0 Å². The van der Waals surface area contributed by atoms with Gasteiger partial charge in [-0.15, -0.1) is 0 Å². The van der Waals surface area contributed by atoms with E-state index in [0.29, 0.717) is 0 Å². The highest BCUT2D eigenvalue weighted by molar-refractivity contribution is 6.99. The zero-order valence-electron chi connectivity index (χ0n) is 37.8. The predicted octanol–water partition coefficient (Wildman–Crippen LogP) is 14.7. The Balaban J connectivity index is 0.992. The Kier molecular flexibility index (Phi) is 9.32. The fourth-order valence-electron chi connectivity index (χ4n) is 10.7. The van der Waals surface area contributed by atoms with Crippen molar-refractivity contribution in [2.75, 3.05) is 14.7 Å². The second-order valence-corrected chi connectivity index (χ2v) is 17.9. The first-order chi connectivity index (χ1) is 33.6. The van der Waals surface area contributed by atoms with E-state index in [0.717, 1.165) is 79.4 Å². The van der Waals surface area contributed by atoms with Gasteiger partial charge in [0.05, 0.1) is 11.0 Å². The van der Waals surface area contributed by atoms with Gasteiger partial charge in [-0.05, 0) is 145 Å². The number of benzene rings is 10. The molecule has 2 aliphatic heterocycles. The minimum absolute atomic E-state index is 0.0723. The normalized spacial score (nSPS) is 12.3. The molecule has 0 saturated heterocycles. The Morgan fingerprint density at radius 1 is 0.397 bits per heavy atom. The molecule has 0 bridgehead atoms. The van der Waals surface area contributed by atoms with Gasteiger partial charge in [0.15, 0.2) is 0 Å². The van der Waals surface area contributed by atoms with Gasteiger partial charge in [-0.2, -0.15) is 0 Å². The Bertz CT molecular complexity index is 3650. The van der Waals surface area contributed by atoms with Crippen molar-refractivity contribution in [3.05, 3.63) is 248 Å². The van der Waals surface area contributed by atoms with Crippen molar-refractivity contribution in [2.24, 2.45) is 0 Å². The largest absolute Gasteiger partial charge is 0.458 e. The van der Waals surface area contributed by atoms with Crippen molar-refractivity contribution in [3.8, 4) is 17.2 Å². The lowest BCUT2D eigenvalue weighted by Crippen LogP contribution is -2.59. The van der Waals surface area contributed by atoms with Crippen LogP contribution in [0, 0.1) is 13.8 Å². The Labute approximate surface area is 397 Å². The molecule has 5 nitrogen and oxygen atoms in total. The van der Waals surface area contributed by atoms with Gasteiger partial charge in [0.1, 0.15) is 11.5 Å². The summed E-state index contributed by atoms with van der Waals surface area (Å²) < 4.78 is 9.60. The second-order valence-electron chi connectivity index (χ2n) is 17.9. The van der Waals surface area contributed by atoms with Crippen LogP contribution in [0.5, 0.6) is 11.5 Å². The molecule has 0 aliphatic carbocycles. The third-order valence-electron chi connectivity index (χ3n) is 13.8. The molecule has 0 N–H and O–H groups in total. The monoisotopic (exact) mass is 872 g/mol. The molecular formula is C62H45BN4O. The topological polar surface area (TPSA) is 23.9 Å². The van der Waals surface area contributed by atoms with Gasteiger partial charge >= 0.3 is 0 Å². The molecule has 13 rings (SSSR count). The van der Waals surface area contributed by atoms with Crippen LogP contribution in [0.2, 0.25) is 0 Å². The third kappa shape index (κ3) is 6.40. The maximum Gasteiger partial charge on any atom is 0.256 e. The van der Waals surface area contributed by atoms with E-state index in [1.165, 1.54) is 38.3 Å². The summed E-state index contributed by atoms with van der Waals surface area (Å²) in [7, 11) is 0. The third-order valence-corrected chi connectivity index (χ3v) is 13.8. The minimum atomic E-state index is -0.0723. The van der Waals surface area contributed by atoms with Gasteiger partial charge in [-0.3, -0.25) is 0 Å². The first-order valence-corrected chi connectivity index (χ1v) is 23.4. The zero-order chi connectivity index (χ0) is 45.3. The van der Waals surface area contributed by atoms with E-state index in [9.17, 15) is 0 Å². The van der Waals surface area contributed by atoms with Crippen molar-refractivity contribution >= 4 is 96.1 Å². The molecule has 10 aromatic carbocycles. The van der Waals surface area contributed by atoms with E-state index in [2.05, 4.69) is 270 Å². The average Bonchev–Trinajstić information content (AvgIpc) is 3.72. The molecule has 0 radical (unpaired) electrons. The number of ether oxygens (including phenoxy) is 1. The highest BCUT2D eigenvalue weighted by Gasteiger charge is 2.43. The van der Waals surface area contributed by atoms with Crippen molar-refractivity contribution in [2.45, 2.75) is 13.8 Å². The van der Waals surface area contributed by atoms with Crippen LogP contribution in [0.1, 0.15) is 11.1 Å². The first kappa shape index (κ1) is 39.6.